The minimum absolute atomic E-state index is 0.121. The summed E-state index contributed by atoms with van der Waals surface area (Å²) >= 11 is 1.83. The highest BCUT2D eigenvalue weighted by molar-refractivity contribution is 7.99. The van der Waals surface area contributed by atoms with Crippen LogP contribution in [-0.2, 0) is 20.9 Å². The summed E-state index contributed by atoms with van der Waals surface area (Å²) in [6.07, 6.45) is 1.56. The van der Waals surface area contributed by atoms with Gasteiger partial charge in [-0.1, -0.05) is 12.1 Å². The van der Waals surface area contributed by atoms with Crippen LogP contribution >= 0.6 is 11.8 Å². The second-order valence-electron chi connectivity index (χ2n) is 4.68. The molecule has 1 fully saturated rings. The standard InChI is InChI=1S/C15H18O4S/c1-18-13-4-2-11(3-5-13)10-19-15(17)14(16)12-6-8-20-9-7-12/h2-5,12H,6-10H2,1H3. The summed E-state index contributed by atoms with van der Waals surface area (Å²) in [4.78, 5) is 23.7. The van der Waals surface area contributed by atoms with Gasteiger partial charge in [0.15, 0.2) is 0 Å². The molecule has 0 aliphatic carbocycles. The van der Waals surface area contributed by atoms with E-state index in [9.17, 15) is 9.59 Å². The molecule has 1 aliphatic rings. The summed E-state index contributed by atoms with van der Waals surface area (Å²) in [6.45, 7) is 0.121. The van der Waals surface area contributed by atoms with Gasteiger partial charge in [-0.15, -0.1) is 0 Å². The van der Waals surface area contributed by atoms with Crippen molar-refractivity contribution in [2.75, 3.05) is 18.6 Å². The minimum atomic E-state index is -0.710. The smallest absolute Gasteiger partial charge is 0.375 e. The molecule has 0 N–H and O–H groups in total. The van der Waals surface area contributed by atoms with Crippen molar-refractivity contribution in [3.05, 3.63) is 29.8 Å². The lowest BCUT2D eigenvalue weighted by atomic mass is 9.98. The van der Waals surface area contributed by atoms with E-state index in [0.717, 1.165) is 35.7 Å². The normalized spacial score (nSPS) is 15.7. The van der Waals surface area contributed by atoms with E-state index in [2.05, 4.69) is 0 Å². The van der Waals surface area contributed by atoms with Crippen LogP contribution in [-0.4, -0.2) is 30.4 Å². The summed E-state index contributed by atoms with van der Waals surface area (Å²) < 4.78 is 10.1. The Hall–Kier alpha value is -1.49. The van der Waals surface area contributed by atoms with E-state index in [-0.39, 0.29) is 18.3 Å². The molecule has 4 nitrogen and oxygen atoms in total. The first-order chi connectivity index (χ1) is 9.70. The molecule has 5 heteroatoms. The van der Waals surface area contributed by atoms with Crippen molar-refractivity contribution >= 4 is 23.5 Å². The Morgan fingerprint density at radius 1 is 1.20 bits per heavy atom. The third-order valence-corrected chi connectivity index (χ3v) is 4.37. The van der Waals surface area contributed by atoms with E-state index in [1.165, 1.54) is 0 Å². The third-order valence-electron chi connectivity index (χ3n) is 3.32. The van der Waals surface area contributed by atoms with E-state index in [1.807, 2.05) is 23.9 Å². The maximum atomic E-state index is 11.9. The number of ketones is 1. The first-order valence-corrected chi connectivity index (χ1v) is 7.78. The molecule has 0 unspecified atom stereocenters. The molecule has 0 bridgehead atoms. The summed E-state index contributed by atoms with van der Waals surface area (Å²) in [6, 6.07) is 7.22. The van der Waals surface area contributed by atoms with Crippen molar-refractivity contribution in [2.45, 2.75) is 19.4 Å². The van der Waals surface area contributed by atoms with Crippen molar-refractivity contribution in [1.29, 1.82) is 0 Å². The monoisotopic (exact) mass is 294 g/mol. The Bertz CT molecular complexity index is 463. The van der Waals surface area contributed by atoms with Crippen LogP contribution in [0.25, 0.3) is 0 Å². The Morgan fingerprint density at radius 2 is 1.85 bits per heavy atom. The van der Waals surface area contributed by atoms with Crippen LogP contribution in [0.1, 0.15) is 18.4 Å². The highest BCUT2D eigenvalue weighted by atomic mass is 32.2. The van der Waals surface area contributed by atoms with Gasteiger partial charge in [0.05, 0.1) is 7.11 Å². The van der Waals surface area contributed by atoms with Gasteiger partial charge in [-0.05, 0) is 42.0 Å². The van der Waals surface area contributed by atoms with Crippen molar-refractivity contribution in [3.8, 4) is 5.75 Å². The van der Waals surface area contributed by atoms with Gasteiger partial charge in [0, 0.05) is 5.92 Å². The largest absolute Gasteiger partial charge is 0.497 e. The van der Waals surface area contributed by atoms with E-state index in [1.54, 1.807) is 19.2 Å². The topological polar surface area (TPSA) is 52.6 Å². The van der Waals surface area contributed by atoms with Crippen LogP contribution in [0.2, 0.25) is 0 Å². The van der Waals surface area contributed by atoms with Gasteiger partial charge in [0.2, 0.25) is 5.78 Å². The molecular weight excluding hydrogens is 276 g/mol. The zero-order valence-corrected chi connectivity index (χ0v) is 12.3. The average molecular weight is 294 g/mol. The molecule has 1 aliphatic heterocycles. The molecule has 0 amide bonds. The Labute approximate surface area is 122 Å². The van der Waals surface area contributed by atoms with Crippen LogP contribution in [0.3, 0.4) is 0 Å². The fourth-order valence-electron chi connectivity index (χ4n) is 2.07. The Balaban J connectivity index is 1.82. The summed E-state index contributed by atoms with van der Waals surface area (Å²) in [5.41, 5.74) is 0.839. The number of hydrogen-bond acceptors (Lipinski definition) is 5. The molecule has 1 heterocycles. The highest BCUT2D eigenvalue weighted by Gasteiger charge is 2.28. The van der Waals surface area contributed by atoms with Gasteiger partial charge in [-0.3, -0.25) is 4.79 Å². The number of ether oxygens (including phenoxy) is 2. The first kappa shape index (κ1) is 14.9. The molecule has 108 valence electrons. The summed E-state index contributed by atoms with van der Waals surface area (Å²) in [5.74, 6) is 1.40. The van der Waals surface area contributed by atoms with E-state index in [0.29, 0.717) is 0 Å². The molecule has 1 saturated heterocycles. The van der Waals surface area contributed by atoms with Crippen LogP contribution in [0.4, 0.5) is 0 Å². The van der Waals surface area contributed by atoms with Gasteiger partial charge in [-0.25, -0.2) is 4.79 Å². The lowest BCUT2D eigenvalue weighted by Crippen LogP contribution is -2.28. The summed E-state index contributed by atoms with van der Waals surface area (Å²) in [5, 5.41) is 0. The number of benzene rings is 1. The number of carbonyl (C=O) groups excluding carboxylic acids is 2. The molecule has 1 aromatic rings. The second kappa shape index (κ2) is 7.33. The third kappa shape index (κ3) is 4.00. The number of methoxy groups -OCH3 is 1. The summed E-state index contributed by atoms with van der Waals surface area (Å²) in [7, 11) is 1.59. The predicted molar refractivity (Wildman–Crippen MR) is 77.8 cm³/mol. The zero-order chi connectivity index (χ0) is 14.4. The molecule has 20 heavy (non-hydrogen) atoms. The number of hydrogen-bond donors (Lipinski definition) is 0. The first-order valence-electron chi connectivity index (χ1n) is 6.62. The molecule has 0 spiro atoms. The van der Waals surface area contributed by atoms with Gasteiger partial charge in [0.1, 0.15) is 12.4 Å². The highest BCUT2D eigenvalue weighted by Crippen LogP contribution is 2.23. The number of esters is 1. The minimum Gasteiger partial charge on any atom is -0.497 e. The number of carbonyl (C=O) groups is 2. The van der Waals surface area contributed by atoms with Crippen LogP contribution in [0.5, 0.6) is 5.75 Å². The lowest BCUT2D eigenvalue weighted by Gasteiger charge is -2.18. The molecule has 0 saturated carbocycles. The fourth-order valence-corrected chi connectivity index (χ4v) is 3.17. The van der Waals surface area contributed by atoms with Gasteiger partial charge >= 0.3 is 5.97 Å². The Kier molecular flexibility index (Phi) is 5.47. The van der Waals surface area contributed by atoms with Gasteiger partial charge in [-0.2, -0.15) is 11.8 Å². The van der Waals surface area contributed by atoms with E-state index < -0.39 is 5.97 Å². The van der Waals surface area contributed by atoms with Crippen LogP contribution in [0.15, 0.2) is 24.3 Å². The van der Waals surface area contributed by atoms with Crippen LogP contribution < -0.4 is 4.74 Å². The van der Waals surface area contributed by atoms with E-state index >= 15 is 0 Å². The maximum absolute atomic E-state index is 11.9. The molecule has 1 aromatic carbocycles. The maximum Gasteiger partial charge on any atom is 0.375 e. The van der Waals surface area contributed by atoms with Crippen LogP contribution in [0, 0.1) is 5.92 Å². The van der Waals surface area contributed by atoms with Gasteiger partial charge in [0.25, 0.3) is 0 Å². The average Bonchev–Trinajstić information content (AvgIpc) is 2.53. The van der Waals surface area contributed by atoms with Gasteiger partial charge < -0.3 is 9.47 Å². The molecule has 2 rings (SSSR count). The number of Topliss-reactive ketones (excluding diaryl/α,β-unsaturated/α-hetero) is 1. The molecule has 0 aromatic heterocycles. The number of thioether (sulfide) groups is 1. The Morgan fingerprint density at radius 3 is 2.45 bits per heavy atom. The number of rotatable bonds is 5. The second-order valence-corrected chi connectivity index (χ2v) is 5.90. The fraction of sp³-hybridized carbons (Fsp3) is 0.467. The SMILES string of the molecule is COc1ccc(COC(=O)C(=O)C2CCSCC2)cc1. The van der Waals surface area contributed by atoms with Crippen molar-refractivity contribution < 1.29 is 19.1 Å². The van der Waals surface area contributed by atoms with Crippen molar-refractivity contribution in [1.82, 2.24) is 0 Å². The molecular formula is C15H18O4S. The molecule has 0 atom stereocenters. The van der Waals surface area contributed by atoms with Crippen molar-refractivity contribution in [2.24, 2.45) is 5.92 Å². The lowest BCUT2D eigenvalue weighted by molar-refractivity contribution is -0.156. The van der Waals surface area contributed by atoms with Crippen molar-refractivity contribution in [3.63, 3.8) is 0 Å². The predicted octanol–water partition coefficient (Wildman–Crippen LogP) is 2.45. The quantitative estimate of drug-likeness (QED) is 0.617. The zero-order valence-electron chi connectivity index (χ0n) is 11.5. The van der Waals surface area contributed by atoms with E-state index in [4.69, 9.17) is 9.47 Å². The molecule has 0 radical (unpaired) electrons.